The van der Waals surface area contributed by atoms with Gasteiger partial charge in [0.2, 0.25) is 0 Å². The van der Waals surface area contributed by atoms with E-state index in [0.717, 1.165) is 23.2 Å². The van der Waals surface area contributed by atoms with Crippen LogP contribution < -0.4 is 4.90 Å². The molecule has 1 unspecified atom stereocenters. The van der Waals surface area contributed by atoms with Gasteiger partial charge in [0.05, 0.1) is 6.04 Å². The van der Waals surface area contributed by atoms with Gasteiger partial charge in [-0.15, -0.1) is 11.3 Å². The second kappa shape index (κ2) is 18.3. The third kappa shape index (κ3) is 7.98. The smallest absolute Gasteiger partial charge is 0.143 e. The highest BCUT2D eigenvalue weighted by Gasteiger charge is 2.37. The van der Waals surface area contributed by atoms with Crippen molar-refractivity contribution in [3.8, 4) is 22.3 Å². The summed E-state index contributed by atoms with van der Waals surface area (Å²) in [5.41, 5.74) is 18.8. The lowest BCUT2D eigenvalue weighted by molar-refractivity contribution is 0.670. The van der Waals surface area contributed by atoms with Gasteiger partial charge in [-0.2, -0.15) is 0 Å². The fraction of sp³-hybridized carbons (Fsp3) is 0.0746. The lowest BCUT2D eigenvalue weighted by Gasteiger charge is -2.29. The average molecular weight is 918 g/mol. The standard InChI is InChI=1S/C29H23N.C19H14O.C19H14S/c1-20-11-13-21(14-12-20)23-16-17-27-26(19-23)29-25-10-6-5-7-22(25)15-18-28(29)30(27)24-8-3-2-4-9-24;2*1-13-9-11-14(12-10-13)15-6-4-7-17-16-5-2-3-8-18(16)20-19(15)17/h2-16,18-19,27H,17H2,1H3;2*2-12H,1H3. The van der Waals surface area contributed by atoms with Crippen LogP contribution in [0.25, 0.3) is 86.3 Å². The minimum Gasteiger partial charge on any atom is -0.455 e. The van der Waals surface area contributed by atoms with Crippen LogP contribution in [0, 0.1) is 20.8 Å². The molecule has 0 bridgehead atoms. The molecule has 0 radical (unpaired) electrons. The summed E-state index contributed by atoms with van der Waals surface area (Å²) in [6.45, 7) is 6.37. The number of nitrogens with zero attached hydrogens (tertiary/aromatic N) is 1. The minimum absolute atomic E-state index is 0.336. The molecule has 1 aliphatic carbocycles. The molecule has 0 saturated carbocycles. The number of thiophene rings is 1. The van der Waals surface area contributed by atoms with Gasteiger partial charge in [-0.1, -0.05) is 217 Å². The first-order valence-electron chi connectivity index (χ1n) is 24.2. The highest BCUT2D eigenvalue weighted by Crippen LogP contribution is 2.51. The van der Waals surface area contributed by atoms with Crippen LogP contribution in [0.1, 0.15) is 34.2 Å². The monoisotopic (exact) mass is 917 g/mol. The van der Waals surface area contributed by atoms with E-state index in [0.29, 0.717) is 6.04 Å². The largest absolute Gasteiger partial charge is 0.455 e. The highest BCUT2D eigenvalue weighted by molar-refractivity contribution is 7.26. The van der Waals surface area contributed by atoms with Gasteiger partial charge in [-0.25, -0.2) is 0 Å². The second-order valence-corrected chi connectivity index (χ2v) is 19.6. The van der Waals surface area contributed by atoms with Gasteiger partial charge >= 0.3 is 0 Å². The first-order chi connectivity index (χ1) is 34.4. The van der Waals surface area contributed by atoms with E-state index < -0.39 is 0 Å². The molecule has 3 heterocycles. The lowest BCUT2D eigenvalue weighted by atomic mass is 9.87. The molecule has 2 aliphatic rings. The van der Waals surface area contributed by atoms with Crippen LogP contribution in [0.2, 0.25) is 0 Å². The van der Waals surface area contributed by atoms with Crippen molar-refractivity contribution < 1.29 is 4.42 Å². The summed E-state index contributed by atoms with van der Waals surface area (Å²) in [6, 6.07) is 80.5. The Labute approximate surface area is 413 Å². The number of rotatable bonds is 4. The maximum atomic E-state index is 6.07. The normalized spacial score (nSPS) is 13.9. The first kappa shape index (κ1) is 43.1. The zero-order valence-electron chi connectivity index (χ0n) is 39.6. The molecule has 14 rings (SSSR count). The Hall–Kier alpha value is -8.24. The van der Waals surface area contributed by atoms with Gasteiger partial charge in [-0.05, 0) is 108 Å². The van der Waals surface area contributed by atoms with Crippen molar-refractivity contribution >= 4 is 86.7 Å². The van der Waals surface area contributed by atoms with Crippen LogP contribution in [-0.4, -0.2) is 6.04 Å². The maximum absolute atomic E-state index is 6.07. The number of hydrogen-bond acceptors (Lipinski definition) is 3. The molecular formula is C67H51NOS. The van der Waals surface area contributed by atoms with Gasteiger partial charge in [-0.3, -0.25) is 0 Å². The summed E-state index contributed by atoms with van der Waals surface area (Å²) in [4.78, 5) is 2.52. The Morgan fingerprint density at radius 3 is 1.76 bits per heavy atom. The van der Waals surface area contributed by atoms with Crippen molar-refractivity contribution in [2.75, 3.05) is 4.90 Å². The van der Waals surface area contributed by atoms with Crippen molar-refractivity contribution in [3.05, 3.63) is 264 Å². The number of furan rings is 1. The third-order valence-corrected chi connectivity index (χ3v) is 15.2. The maximum Gasteiger partial charge on any atom is 0.143 e. The second-order valence-electron chi connectivity index (χ2n) is 18.6. The molecule has 336 valence electrons. The molecular weight excluding hydrogens is 867 g/mol. The molecule has 1 atom stereocenters. The van der Waals surface area contributed by atoms with Crippen LogP contribution in [0.15, 0.2) is 241 Å². The molecule has 0 fully saturated rings. The van der Waals surface area contributed by atoms with Crippen LogP contribution >= 0.6 is 11.3 Å². The topological polar surface area (TPSA) is 16.4 Å². The molecule has 0 N–H and O–H groups in total. The van der Waals surface area contributed by atoms with E-state index in [2.05, 4.69) is 250 Å². The highest BCUT2D eigenvalue weighted by atomic mass is 32.1. The van der Waals surface area contributed by atoms with Gasteiger partial charge in [0, 0.05) is 53.4 Å². The van der Waals surface area contributed by atoms with Crippen LogP contribution in [0.3, 0.4) is 0 Å². The number of hydrogen-bond donors (Lipinski definition) is 0. The molecule has 3 heteroatoms. The van der Waals surface area contributed by atoms with E-state index in [1.165, 1.54) is 109 Å². The predicted octanol–water partition coefficient (Wildman–Crippen LogP) is 19.1. The molecule has 0 spiro atoms. The van der Waals surface area contributed by atoms with Crippen LogP contribution in [-0.2, 0) is 0 Å². The number of fused-ring (bicyclic) bond motifs is 11. The quantitative estimate of drug-likeness (QED) is 0.175. The number of aryl methyl sites for hydroxylation is 3. The Bertz CT molecular complexity index is 3770. The SMILES string of the molecule is Cc1ccc(-c2cccc3c2oc2ccccc23)cc1.Cc1ccc(-c2cccc3c2sc2ccccc23)cc1.Cc1ccc(C2=CCC3C(=C2)c2c(ccc4ccccc24)N3c2ccccc2)cc1. The van der Waals surface area contributed by atoms with Gasteiger partial charge in [0.1, 0.15) is 11.2 Å². The molecule has 70 heavy (non-hydrogen) atoms. The van der Waals surface area contributed by atoms with Crippen molar-refractivity contribution in [1.29, 1.82) is 0 Å². The van der Waals surface area contributed by atoms with Gasteiger partial charge < -0.3 is 9.32 Å². The van der Waals surface area contributed by atoms with E-state index in [9.17, 15) is 0 Å². The number of anilines is 2. The van der Waals surface area contributed by atoms with Crippen molar-refractivity contribution in [2.45, 2.75) is 33.2 Å². The van der Waals surface area contributed by atoms with E-state index in [1.807, 2.05) is 23.5 Å². The van der Waals surface area contributed by atoms with E-state index >= 15 is 0 Å². The first-order valence-corrected chi connectivity index (χ1v) is 25.1. The summed E-state index contributed by atoms with van der Waals surface area (Å²) < 4.78 is 8.82. The molecule has 12 aromatic rings. The van der Waals surface area contributed by atoms with Crippen LogP contribution in [0.4, 0.5) is 11.4 Å². The summed E-state index contributed by atoms with van der Waals surface area (Å²) in [5.74, 6) is 0. The zero-order valence-corrected chi connectivity index (χ0v) is 40.4. The number of para-hydroxylation sites is 3. The predicted molar refractivity (Wildman–Crippen MR) is 301 cm³/mol. The molecule has 2 aromatic heterocycles. The molecule has 1 aliphatic heterocycles. The third-order valence-electron chi connectivity index (χ3n) is 14.0. The fourth-order valence-corrected chi connectivity index (χ4v) is 11.6. The lowest BCUT2D eigenvalue weighted by Crippen LogP contribution is -2.27. The molecule has 10 aromatic carbocycles. The minimum atomic E-state index is 0.336. The number of benzene rings is 10. The van der Waals surface area contributed by atoms with Gasteiger partial charge in [0.15, 0.2) is 0 Å². The average Bonchev–Trinajstić information content (AvgIpc) is 4.10. The summed E-state index contributed by atoms with van der Waals surface area (Å²) in [7, 11) is 0. The van der Waals surface area contributed by atoms with Crippen molar-refractivity contribution in [2.24, 2.45) is 0 Å². The van der Waals surface area contributed by atoms with Gasteiger partial charge in [0.25, 0.3) is 0 Å². The summed E-state index contributed by atoms with van der Waals surface area (Å²) in [5, 5.41) is 7.73. The van der Waals surface area contributed by atoms with E-state index in [-0.39, 0.29) is 0 Å². The van der Waals surface area contributed by atoms with Crippen LogP contribution in [0.5, 0.6) is 0 Å². The fourth-order valence-electron chi connectivity index (χ4n) is 10.4. The zero-order chi connectivity index (χ0) is 47.1. The Kier molecular flexibility index (Phi) is 11.3. The summed E-state index contributed by atoms with van der Waals surface area (Å²) in [6.07, 6.45) is 5.84. The van der Waals surface area contributed by atoms with Crippen molar-refractivity contribution in [3.63, 3.8) is 0 Å². The molecule has 0 saturated heterocycles. The van der Waals surface area contributed by atoms with Crippen molar-refractivity contribution in [1.82, 2.24) is 0 Å². The summed E-state index contributed by atoms with van der Waals surface area (Å²) >= 11 is 1.89. The number of allylic oxidation sites excluding steroid dienone is 2. The Balaban J connectivity index is 0.000000112. The Morgan fingerprint density at radius 2 is 1.03 bits per heavy atom. The van der Waals surface area contributed by atoms with E-state index in [1.54, 1.807) is 0 Å². The molecule has 0 amide bonds. The Morgan fingerprint density at radius 1 is 0.457 bits per heavy atom. The molecule has 2 nitrogen and oxygen atoms in total. The van der Waals surface area contributed by atoms with E-state index in [4.69, 9.17) is 4.42 Å².